The SMILES string of the molecule is Cc1ccsc1C(=O)C1C(=O)c2cccc(NC(N)=O)c2C1=O. The molecular formula is C16H12N2O4S. The molecule has 1 aliphatic carbocycles. The summed E-state index contributed by atoms with van der Waals surface area (Å²) in [5.74, 6) is -3.05. The molecule has 3 N–H and O–H groups in total. The summed E-state index contributed by atoms with van der Waals surface area (Å²) in [4.78, 5) is 49.2. The van der Waals surface area contributed by atoms with Gasteiger partial charge >= 0.3 is 6.03 Å². The Kier molecular flexibility index (Phi) is 3.57. The summed E-state index contributed by atoms with van der Waals surface area (Å²) in [6.45, 7) is 1.75. The van der Waals surface area contributed by atoms with Gasteiger partial charge in [0.25, 0.3) is 0 Å². The molecule has 116 valence electrons. The zero-order valence-electron chi connectivity index (χ0n) is 12.1. The Bertz CT molecular complexity index is 869. The number of thiophene rings is 1. The van der Waals surface area contributed by atoms with Crippen molar-refractivity contribution in [3.8, 4) is 0 Å². The standard InChI is InChI=1S/C16H12N2O4S/c1-7-5-6-23-15(7)14(21)11-12(19)8-3-2-4-9(18-16(17)22)10(8)13(11)20/h2-6,11H,1H3,(H3,17,18,22). The van der Waals surface area contributed by atoms with Crippen molar-refractivity contribution in [2.45, 2.75) is 6.92 Å². The van der Waals surface area contributed by atoms with E-state index < -0.39 is 29.3 Å². The third kappa shape index (κ3) is 2.35. The summed E-state index contributed by atoms with van der Waals surface area (Å²) < 4.78 is 0. The second-order valence-corrected chi connectivity index (χ2v) is 6.09. The molecule has 0 fully saturated rings. The van der Waals surface area contributed by atoms with Crippen molar-refractivity contribution in [2.24, 2.45) is 11.7 Å². The van der Waals surface area contributed by atoms with Gasteiger partial charge in [-0.05, 0) is 30.0 Å². The number of amides is 2. The normalized spacial score (nSPS) is 16.3. The molecule has 0 aliphatic heterocycles. The molecule has 0 radical (unpaired) electrons. The molecule has 1 unspecified atom stereocenters. The lowest BCUT2D eigenvalue weighted by Crippen LogP contribution is -2.26. The first kappa shape index (κ1) is 15.1. The minimum atomic E-state index is -1.39. The molecule has 6 nitrogen and oxygen atoms in total. The average Bonchev–Trinajstić information content (AvgIpc) is 3.01. The van der Waals surface area contributed by atoms with Gasteiger partial charge in [-0.15, -0.1) is 11.3 Å². The van der Waals surface area contributed by atoms with Crippen LogP contribution >= 0.6 is 11.3 Å². The Labute approximate surface area is 135 Å². The van der Waals surface area contributed by atoms with Gasteiger partial charge in [-0.2, -0.15) is 0 Å². The maximum atomic E-state index is 12.6. The summed E-state index contributed by atoms with van der Waals surface area (Å²) in [6, 6.07) is 5.38. The fourth-order valence-electron chi connectivity index (χ4n) is 2.67. The van der Waals surface area contributed by atoms with Crippen LogP contribution in [0.1, 0.15) is 36.0 Å². The number of carbonyl (C=O) groups is 4. The largest absolute Gasteiger partial charge is 0.351 e. The number of hydrogen-bond donors (Lipinski definition) is 2. The van der Waals surface area contributed by atoms with E-state index in [1.807, 2.05) is 0 Å². The third-order valence-electron chi connectivity index (χ3n) is 3.71. The lowest BCUT2D eigenvalue weighted by molar-refractivity contribution is 0.0758. The molecule has 3 rings (SSSR count). The Morgan fingerprint density at radius 1 is 1.17 bits per heavy atom. The maximum Gasteiger partial charge on any atom is 0.316 e. The van der Waals surface area contributed by atoms with E-state index in [1.54, 1.807) is 18.4 Å². The predicted octanol–water partition coefficient (Wildman–Crippen LogP) is 2.43. The van der Waals surface area contributed by atoms with Crippen molar-refractivity contribution < 1.29 is 19.2 Å². The number of rotatable bonds is 3. The van der Waals surface area contributed by atoms with E-state index in [9.17, 15) is 19.2 Å². The van der Waals surface area contributed by atoms with Gasteiger partial charge in [0.05, 0.1) is 16.1 Å². The molecule has 7 heteroatoms. The molecule has 1 aromatic heterocycles. The van der Waals surface area contributed by atoms with Crippen molar-refractivity contribution in [3.05, 3.63) is 51.2 Å². The van der Waals surface area contributed by atoms with E-state index in [0.29, 0.717) is 4.88 Å². The summed E-state index contributed by atoms with van der Waals surface area (Å²) in [7, 11) is 0. The molecule has 1 heterocycles. The lowest BCUT2D eigenvalue weighted by Gasteiger charge is -2.07. The minimum Gasteiger partial charge on any atom is -0.351 e. The number of hydrogen-bond acceptors (Lipinski definition) is 5. The molecule has 0 bridgehead atoms. The molecule has 1 aromatic carbocycles. The Balaban J connectivity index is 2.06. The van der Waals surface area contributed by atoms with Crippen molar-refractivity contribution in [1.29, 1.82) is 0 Å². The number of fused-ring (bicyclic) bond motifs is 1. The highest BCUT2D eigenvalue weighted by atomic mass is 32.1. The van der Waals surface area contributed by atoms with Crippen LogP contribution in [0.4, 0.5) is 10.5 Å². The van der Waals surface area contributed by atoms with Crippen LogP contribution in [0.5, 0.6) is 0 Å². The first-order valence-electron chi connectivity index (χ1n) is 6.78. The van der Waals surface area contributed by atoms with E-state index >= 15 is 0 Å². The van der Waals surface area contributed by atoms with Crippen LogP contribution in [0.3, 0.4) is 0 Å². The Morgan fingerprint density at radius 2 is 1.91 bits per heavy atom. The van der Waals surface area contributed by atoms with Crippen LogP contribution in [-0.4, -0.2) is 23.4 Å². The van der Waals surface area contributed by atoms with Crippen LogP contribution in [0.25, 0.3) is 0 Å². The molecule has 1 atom stereocenters. The van der Waals surface area contributed by atoms with Gasteiger partial charge in [0.1, 0.15) is 5.92 Å². The lowest BCUT2D eigenvalue weighted by atomic mass is 9.96. The molecule has 2 aromatic rings. The summed E-state index contributed by atoms with van der Waals surface area (Å²) in [6.07, 6.45) is 0. The number of urea groups is 1. The van der Waals surface area contributed by atoms with Crippen LogP contribution in [0, 0.1) is 12.8 Å². The van der Waals surface area contributed by atoms with Crippen LogP contribution in [0.15, 0.2) is 29.6 Å². The van der Waals surface area contributed by atoms with Gasteiger partial charge in [-0.25, -0.2) is 4.79 Å². The fraction of sp³-hybridized carbons (Fsp3) is 0.125. The van der Waals surface area contributed by atoms with E-state index in [-0.39, 0.29) is 16.8 Å². The molecular weight excluding hydrogens is 316 g/mol. The van der Waals surface area contributed by atoms with E-state index in [4.69, 9.17) is 5.73 Å². The zero-order chi connectivity index (χ0) is 16.7. The van der Waals surface area contributed by atoms with Crippen molar-refractivity contribution in [3.63, 3.8) is 0 Å². The molecule has 0 saturated heterocycles. The highest BCUT2D eigenvalue weighted by Crippen LogP contribution is 2.35. The quantitative estimate of drug-likeness (QED) is 0.666. The third-order valence-corrected chi connectivity index (χ3v) is 4.74. The van der Waals surface area contributed by atoms with Gasteiger partial charge in [0.2, 0.25) is 0 Å². The second kappa shape index (κ2) is 5.44. The van der Waals surface area contributed by atoms with Gasteiger partial charge in [0.15, 0.2) is 17.3 Å². The number of primary amides is 1. The summed E-state index contributed by atoms with van der Waals surface area (Å²) in [5, 5.41) is 4.05. The molecule has 2 amide bonds. The van der Waals surface area contributed by atoms with Crippen molar-refractivity contribution >= 4 is 40.4 Å². The topological polar surface area (TPSA) is 106 Å². The maximum absolute atomic E-state index is 12.6. The smallest absolute Gasteiger partial charge is 0.316 e. The van der Waals surface area contributed by atoms with Crippen LogP contribution in [0.2, 0.25) is 0 Å². The number of Topliss-reactive ketones (excluding diaryl/α,β-unsaturated/α-hetero) is 3. The van der Waals surface area contributed by atoms with E-state index in [1.165, 1.54) is 29.5 Å². The van der Waals surface area contributed by atoms with Crippen LogP contribution < -0.4 is 11.1 Å². The van der Waals surface area contributed by atoms with E-state index in [2.05, 4.69) is 5.32 Å². The molecule has 0 spiro atoms. The monoisotopic (exact) mass is 328 g/mol. The predicted molar refractivity (Wildman–Crippen MR) is 85.2 cm³/mol. The first-order chi connectivity index (χ1) is 10.9. The van der Waals surface area contributed by atoms with Crippen molar-refractivity contribution in [1.82, 2.24) is 0 Å². The summed E-state index contributed by atoms with van der Waals surface area (Å²) >= 11 is 1.20. The number of benzene rings is 1. The van der Waals surface area contributed by atoms with Crippen LogP contribution in [-0.2, 0) is 0 Å². The zero-order valence-corrected chi connectivity index (χ0v) is 12.9. The number of anilines is 1. The van der Waals surface area contributed by atoms with Gasteiger partial charge in [-0.1, -0.05) is 12.1 Å². The minimum absolute atomic E-state index is 0.0452. The Morgan fingerprint density at radius 3 is 2.52 bits per heavy atom. The highest BCUT2D eigenvalue weighted by Gasteiger charge is 2.45. The van der Waals surface area contributed by atoms with Gasteiger partial charge in [0, 0.05) is 5.56 Å². The number of nitrogens with one attached hydrogen (secondary N) is 1. The Hall–Kier alpha value is -2.80. The molecule has 23 heavy (non-hydrogen) atoms. The number of nitrogens with two attached hydrogens (primary N) is 1. The van der Waals surface area contributed by atoms with E-state index in [0.717, 1.165) is 5.56 Å². The number of aryl methyl sites for hydroxylation is 1. The van der Waals surface area contributed by atoms with Crippen molar-refractivity contribution in [2.75, 3.05) is 5.32 Å². The average molecular weight is 328 g/mol. The molecule has 0 saturated carbocycles. The van der Waals surface area contributed by atoms with Gasteiger partial charge < -0.3 is 11.1 Å². The number of ketones is 3. The first-order valence-corrected chi connectivity index (χ1v) is 7.66. The fourth-order valence-corrected chi connectivity index (χ4v) is 3.57. The highest BCUT2D eigenvalue weighted by molar-refractivity contribution is 7.12. The molecule has 1 aliphatic rings. The second-order valence-electron chi connectivity index (χ2n) is 5.18. The van der Waals surface area contributed by atoms with Gasteiger partial charge in [-0.3, -0.25) is 14.4 Å². The number of carbonyl (C=O) groups excluding carboxylic acids is 4. The summed E-state index contributed by atoms with van der Waals surface area (Å²) in [5.41, 5.74) is 6.13.